The Morgan fingerprint density at radius 2 is 2.06 bits per heavy atom. The summed E-state index contributed by atoms with van der Waals surface area (Å²) < 4.78 is 5.59. The van der Waals surface area contributed by atoms with E-state index in [0.717, 1.165) is 36.5 Å². The van der Waals surface area contributed by atoms with E-state index < -0.39 is 0 Å². The van der Waals surface area contributed by atoms with E-state index in [4.69, 9.17) is 4.74 Å². The van der Waals surface area contributed by atoms with Gasteiger partial charge in [-0.3, -0.25) is 0 Å². The molecule has 0 amide bonds. The van der Waals surface area contributed by atoms with Gasteiger partial charge in [0.05, 0.1) is 12.3 Å². The molecule has 0 aliphatic rings. The van der Waals surface area contributed by atoms with Gasteiger partial charge in [0.25, 0.3) is 0 Å². The van der Waals surface area contributed by atoms with Crippen molar-refractivity contribution < 1.29 is 4.74 Å². The molecule has 3 nitrogen and oxygen atoms in total. The van der Waals surface area contributed by atoms with Crippen molar-refractivity contribution >= 4 is 13.7 Å². The highest BCUT2D eigenvalue weighted by atomic mass is 16.5. The zero-order chi connectivity index (χ0) is 11.8. The summed E-state index contributed by atoms with van der Waals surface area (Å²) in [6.07, 6.45) is 2.26. The molecule has 0 atom stereocenters. The lowest BCUT2D eigenvalue weighted by atomic mass is 10.1. The molecule has 1 N–H and O–H groups in total. The van der Waals surface area contributed by atoms with Crippen LogP contribution in [0.3, 0.4) is 0 Å². The number of rotatable bonds is 6. The van der Waals surface area contributed by atoms with Gasteiger partial charge in [0, 0.05) is 0 Å². The highest BCUT2D eigenvalue weighted by molar-refractivity contribution is 6.06. The van der Waals surface area contributed by atoms with Crippen LogP contribution in [0.1, 0.15) is 32.3 Å². The average Bonchev–Trinajstić information content (AvgIpc) is 2.30. The number of ether oxygens (including phenoxy) is 1. The second kappa shape index (κ2) is 6.93. The summed E-state index contributed by atoms with van der Waals surface area (Å²) in [5.74, 6) is 0.925. The molecule has 1 aromatic carbocycles. The van der Waals surface area contributed by atoms with Crippen LogP contribution < -0.4 is 10.1 Å². The van der Waals surface area contributed by atoms with E-state index >= 15 is 0 Å². The summed E-state index contributed by atoms with van der Waals surface area (Å²) in [5, 5.41) is 6.90. The van der Waals surface area contributed by atoms with E-state index in [2.05, 4.69) is 17.4 Å². The van der Waals surface area contributed by atoms with E-state index in [9.17, 15) is 0 Å². The van der Waals surface area contributed by atoms with Gasteiger partial charge in [0.1, 0.15) is 5.75 Å². The van der Waals surface area contributed by atoms with Crippen LogP contribution >= 0.6 is 0 Å². The number of nitrogens with one attached hydrogen (secondary N) is 1. The predicted molar refractivity (Wildman–Crippen MR) is 70.7 cm³/mol. The maximum absolute atomic E-state index is 5.59. The van der Waals surface area contributed by atoms with Crippen molar-refractivity contribution in [2.75, 3.05) is 6.61 Å². The van der Waals surface area contributed by atoms with Gasteiger partial charge in [-0.05, 0) is 43.2 Å². The zero-order valence-electron chi connectivity index (χ0n) is 10.3. The quantitative estimate of drug-likeness (QED) is 0.341. The fourth-order valence-electron chi connectivity index (χ4n) is 1.36. The lowest BCUT2D eigenvalue weighted by Crippen LogP contribution is -2.04. The van der Waals surface area contributed by atoms with Crippen molar-refractivity contribution in [2.24, 2.45) is 5.10 Å². The molecule has 4 heteroatoms. The highest BCUT2D eigenvalue weighted by Crippen LogP contribution is 2.13. The van der Waals surface area contributed by atoms with Crippen LogP contribution in [-0.2, 0) is 0 Å². The summed E-state index contributed by atoms with van der Waals surface area (Å²) in [6, 6.07) is 8.02. The summed E-state index contributed by atoms with van der Waals surface area (Å²) in [7, 11) is 1.80. The average molecular weight is 218 g/mol. The molecule has 0 unspecified atom stereocenters. The van der Waals surface area contributed by atoms with Crippen molar-refractivity contribution in [3.05, 3.63) is 29.8 Å². The van der Waals surface area contributed by atoms with Crippen molar-refractivity contribution in [1.29, 1.82) is 0 Å². The standard InChI is InChI=1S/C12H19BN2O/c1-3-4-9-16-12-7-5-11(6-8-12)10(2)14-15-13/h5-8,15H,3-4,9,13H2,1-2H3/b14-10+. The summed E-state index contributed by atoms with van der Waals surface area (Å²) >= 11 is 0. The van der Waals surface area contributed by atoms with E-state index in [1.165, 1.54) is 0 Å². The minimum Gasteiger partial charge on any atom is -0.494 e. The van der Waals surface area contributed by atoms with Crippen molar-refractivity contribution in [3.8, 4) is 5.75 Å². The summed E-state index contributed by atoms with van der Waals surface area (Å²) in [5.41, 5.74) is 2.08. The number of hydrazone groups is 1. The first-order valence-corrected chi connectivity index (χ1v) is 5.72. The second-order valence-electron chi connectivity index (χ2n) is 3.65. The molecule has 1 rings (SSSR count). The first-order chi connectivity index (χ1) is 7.77. The SMILES string of the molecule is BN/N=C(\C)c1ccc(OCCCC)cc1. The topological polar surface area (TPSA) is 33.6 Å². The second-order valence-corrected chi connectivity index (χ2v) is 3.65. The molecule has 0 aliphatic heterocycles. The van der Waals surface area contributed by atoms with Crippen molar-refractivity contribution in [3.63, 3.8) is 0 Å². The molecule has 0 saturated heterocycles. The Morgan fingerprint density at radius 3 is 2.62 bits per heavy atom. The largest absolute Gasteiger partial charge is 0.494 e. The maximum Gasteiger partial charge on any atom is 0.237 e. The van der Waals surface area contributed by atoms with Crippen LogP contribution in [0.5, 0.6) is 5.75 Å². The van der Waals surface area contributed by atoms with Crippen LogP contribution in [0.4, 0.5) is 0 Å². The Hall–Kier alpha value is -1.45. The Morgan fingerprint density at radius 1 is 1.38 bits per heavy atom. The van der Waals surface area contributed by atoms with E-state index in [1.807, 2.05) is 31.2 Å². The number of benzene rings is 1. The third-order valence-electron chi connectivity index (χ3n) is 2.32. The monoisotopic (exact) mass is 218 g/mol. The van der Waals surface area contributed by atoms with Crippen molar-refractivity contribution in [2.45, 2.75) is 26.7 Å². The molecule has 86 valence electrons. The fraction of sp³-hybridized carbons (Fsp3) is 0.417. The number of hydrogen-bond donors (Lipinski definition) is 1. The maximum atomic E-state index is 5.59. The molecule has 0 fully saturated rings. The molecule has 0 aromatic heterocycles. The van der Waals surface area contributed by atoms with Crippen molar-refractivity contribution in [1.82, 2.24) is 5.34 Å². The molecule has 0 spiro atoms. The molecule has 0 saturated carbocycles. The minimum atomic E-state index is 0.791. The molecule has 0 bridgehead atoms. The number of hydrogen-bond acceptors (Lipinski definition) is 3. The summed E-state index contributed by atoms with van der Waals surface area (Å²) in [4.78, 5) is 0. The zero-order valence-corrected chi connectivity index (χ0v) is 10.3. The van der Waals surface area contributed by atoms with E-state index in [0.29, 0.717) is 0 Å². The Bertz CT molecular complexity index is 335. The molecular weight excluding hydrogens is 199 g/mol. The van der Waals surface area contributed by atoms with E-state index in [-0.39, 0.29) is 0 Å². The first kappa shape index (κ1) is 12.6. The Kier molecular flexibility index (Phi) is 5.47. The minimum absolute atomic E-state index is 0.791. The van der Waals surface area contributed by atoms with Gasteiger partial charge in [0.15, 0.2) is 0 Å². The lowest BCUT2D eigenvalue weighted by molar-refractivity contribution is 0.309. The third kappa shape index (κ3) is 3.97. The Balaban J connectivity index is 2.57. The number of nitrogens with zero attached hydrogens (tertiary/aromatic N) is 1. The molecule has 0 heterocycles. The molecule has 1 aromatic rings. The predicted octanol–water partition coefficient (Wildman–Crippen LogP) is 1.73. The number of unbranched alkanes of at least 4 members (excludes halogenated alkanes) is 1. The molecular formula is C12H19BN2O. The highest BCUT2D eigenvalue weighted by Gasteiger charge is 1.98. The van der Waals surface area contributed by atoms with Gasteiger partial charge in [-0.1, -0.05) is 13.3 Å². The molecule has 16 heavy (non-hydrogen) atoms. The summed E-state index contributed by atoms with van der Waals surface area (Å²) in [6.45, 7) is 4.92. The van der Waals surface area contributed by atoms with Crippen LogP contribution in [-0.4, -0.2) is 20.3 Å². The fourth-order valence-corrected chi connectivity index (χ4v) is 1.36. The van der Waals surface area contributed by atoms with Crippen LogP contribution in [0.25, 0.3) is 0 Å². The van der Waals surface area contributed by atoms with Gasteiger partial charge in [0.2, 0.25) is 7.98 Å². The van der Waals surface area contributed by atoms with Crippen LogP contribution in [0.15, 0.2) is 29.4 Å². The smallest absolute Gasteiger partial charge is 0.237 e. The van der Waals surface area contributed by atoms with E-state index in [1.54, 1.807) is 7.98 Å². The van der Waals surface area contributed by atoms with Gasteiger partial charge in [-0.2, -0.15) is 5.10 Å². The van der Waals surface area contributed by atoms with Crippen LogP contribution in [0.2, 0.25) is 0 Å². The Labute approximate surface area is 98.3 Å². The third-order valence-corrected chi connectivity index (χ3v) is 2.32. The van der Waals surface area contributed by atoms with Crippen LogP contribution in [0, 0.1) is 0 Å². The molecule has 0 radical (unpaired) electrons. The van der Waals surface area contributed by atoms with Gasteiger partial charge in [-0.15, -0.1) is 0 Å². The normalized spacial score (nSPS) is 11.2. The first-order valence-electron chi connectivity index (χ1n) is 5.72. The van der Waals surface area contributed by atoms with Gasteiger partial charge >= 0.3 is 0 Å². The van der Waals surface area contributed by atoms with Gasteiger partial charge < -0.3 is 10.1 Å². The van der Waals surface area contributed by atoms with Gasteiger partial charge in [-0.25, -0.2) is 0 Å². The molecule has 0 aliphatic carbocycles. The lowest BCUT2D eigenvalue weighted by Gasteiger charge is -2.06.